The standard InChI is InChI=1S/C17H29N3O4S/c1-4-25(22,23)19(11-6-12-24-3)14-17(21)20(15-8-9-15)13-16-7-5-10-18(16)2/h5,7,10,15H,4,6,8-9,11-14H2,1-3H3. The monoisotopic (exact) mass is 371 g/mol. The summed E-state index contributed by atoms with van der Waals surface area (Å²) in [5, 5.41) is 0. The number of nitrogens with zero attached hydrogens (tertiary/aromatic N) is 3. The third kappa shape index (κ3) is 5.55. The van der Waals surface area contributed by atoms with Gasteiger partial charge in [-0.05, 0) is 38.3 Å². The maximum atomic E-state index is 12.8. The molecule has 0 N–H and O–H groups in total. The van der Waals surface area contributed by atoms with Crippen molar-refractivity contribution in [1.82, 2.24) is 13.8 Å². The molecule has 0 spiro atoms. The van der Waals surface area contributed by atoms with Crippen LogP contribution >= 0.6 is 0 Å². The fourth-order valence-corrected chi connectivity index (χ4v) is 3.85. The Kier molecular flexibility index (Phi) is 7.04. The molecule has 0 aromatic carbocycles. The largest absolute Gasteiger partial charge is 0.385 e. The second kappa shape index (κ2) is 8.82. The highest BCUT2D eigenvalue weighted by Gasteiger charge is 2.34. The number of amides is 1. The van der Waals surface area contributed by atoms with Gasteiger partial charge in [-0.2, -0.15) is 4.31 Å². The zero-order valence-electron chi connectivity index (χ0n) is 15.3. The Bertz CT molecular complexity index is 667. The zero-order valence-corrected chi connectivity index (χ0v) is 16.2. The summed E-state index contributed by atoms with van der Waals surface area (Å²) >= 11 is 0. The maximum absolute atomic E-state index is 12.8. The highest BCUT2D eigenvalue weighted by atomic mass is 32.2. The van der Waals surface area contributed by atoms with Gasteiger partial charge in [0.1, 0.15) is 0 Å². The Balaban J connectivity index is 2.07. The normalized spacial score (nSPS) is 14.9. The molecule has 1 saturated carbocycles. The van der Waals surface area contributed by atoms with Crippen LogP contribution in [0.25, 0.3) is 0 Å². The predicted molar refractivity (Wildman–Crippen MR) is 96.5 cm³/mol. The molecule has 1 aromatic rings. The summed E-state index contributed by atoms with van der Waals surface area (Å²) in [6.45, 7) is 2.80. The fourth-order valence-electron chi connectivity index (χ4n) is 2.77. The van der Waals surface area contributed by atoms with Crippen molar-refractivity contribution in [3.63, 3.8) is 0 Å². The molecular weight excluding hydrogens is 342 g/mol. The first-order chi connectivity index (χ1) is 11.9. The molecule has 2 rings (SSSR count). The predicted octanol–water partition coefficient (Wildman–Crippen LogP) is 1.20. The lowest BCUT2D eigenvalue weighted by atomic mass is 10.3. The number of sulfonamides is 1. The smallest absolute Gasteiger partial charge is 0.238 e. The van der Waals surface area contributed by atoms with Gasteiger partial charge in [0.15, 0.2) is 0 Å². The first kappa shape index (κ1) is 19.9. The first-order valence-corrected chi connectivity index (χ1v) is 10.4. The van der Waals surface area contributed by atoms with Crippen LogP contribution in [0.4, 0.5) is 0 Å². The van der Waals surface area contributed by atoms with Crippen LogP contribution in [0.5, 0.6) is 0 Å². The van der Waals surface area contributed by atoms with Crippen LogP contribution in [0, 0.1) is 0 Å². The quantitative estimate of drug-likeness (QED) is 0.548. The number of rotatable bonds is 11. The van der Waals surface area contributed by atoms with E-state index in [9.17, 15) is 13.2 Å². The molecule has 0 bridgehead atoms. The van der Waals surface area contributed by atoms with Gasteiger partial charge in [0, 0.05) is 45.2 Å². The van der Waals surface area contributed by atoms with Crippen molar-refractivity contribution in [3.05, 3.63) is 24.0 Å². The summed E-state index contributed by atoms with van der Waals surface area (Å²) < 4.78 is 32.9. The van der Waals surface area contributed by atoms with Crippen LogP contribution in [0.1, 0.15) is 31.9 Å². The lowest BCUT2D eigenvalue weighted by Gasteiger charge is -2.27. The Morgan fingerprint density at radius 2 is 2.12 bits per heavy atom. The minimum absolute atomic E-state index is 0.00546. The van der Waals surface area contributed by atoms with Crippen LogP contribution in [0.3, 0.4) is 0 Å². The summed E-state index contributed by atoms with van der Waals surface area (Å²) in [5.41, 5.74) is 1.05. The van der Waals surface area contributed by atoms with Gasteiger partial charge in [-0.25, -0.2) is 8.42 Å². The third-order valence-electron chi connectivity index (χ3n) is 4.52. The number of carbonyl (C=O) groups excluding carboxylic acids is 1. The van der Waals surface area contributed by atoms with Gasteiger partial charge in [-0.3, -0.25) is 4.79 Å². The molecule has 1 aliphatic rings. The maximum Gasteiger partial charge on any atom is 0.238 e. The minimum Gasteiger partial charge on any atom is -0.385 e. The molecule has 0 aliphatic heterocycles. The van der Waals surface area contributed by atoms with Crippen molar-refractivity contribution in [2.24, 2.45) is 7.05 Å². The van der Waals surface area contributed by atoms with Crippen molar-refractivity contribution >= 4 is 15.9 Å². The Hall–Kier alpha value is -1.38. The summed E-state index contributed by atoms with van der Waals surface area (Å²) in [4.78, 5) is 14.7. The molecule has 1 fully saturated rings. The number of aromatic nitrogens is 1. The third-order valence-corrected chi connectivity index (χ3v) is 6.35. The molecular formula is C17H29N3O4S. The second-order valence-corrected chi connectivity index (χ2v) is 8.70. The minimum atomic E-state index is -3.42. The topological polar surface area (TPSA) is 71.8 Å². The van der Waals surface area contributed by atoms with Gasteiger partial charge in [-0.1, -0.05) is 0 Å². The number of ether oxygens (including phenoxy) is 1. The van der Waals surface area contributed by atoms with Crippen molar-refractivity contribution in [2.75, 3.05) is 32.6 Å². The summed E-state index contributed by atoms with van der Waals surface area (Å²) in [6.07, 6.45) is 4.49. The van der Waals surface area contributed by atoms with E-state index in [1.165, 1.54) is 4.31 Å². The summed E-state index contributed by atoms with van der Waals surface area (Å²) in [6, 6.07) is 4.17. The highest BCUT2D eigenvalue weighted by Crippen LogP contribution is 2.28. The van der Waals surface area contributed by atoms with Gasteiger partial charge in [-0.15, -0.1) is 0 Å². The SMILES string of the molecule is CCS(=O)(=O)N(CCCOC)CC(=O)N(Cc1cccn1C)C1CC1. The van der Waals surface area contributed by atoms with E-state index in [4.69, 9.17) is 4.74 Å². The van der Waals surface area contributed by atoms with Crippen LogP contribution in [-0.2, 0) is 33.1 Å². The lowest BCUT2D eigenvalue weighted by molar-refractivity contribution is -0.132. The van der Waals surface area contributed by atoms with E-state index in [-0.39, 0.29) is 24.2 Å². The Labute approximate surface area is 150 Å². The number of aryl methyl sites for hydroxylation is 1. The Morgan fingerprint density at radius 3 is 2.64 bits per heavy atom. The van der Waals surface area contributed by atoms with Gasteiger partial charge in [0.2, 0.25) is 15.9 Å². The van der Waals surface area contributed by atoms with E-state index in [0.717, 1.165) is 18.5 Å². The van der Waals surface area contributed by atoms with Gasteiger partial charge in [0.25, 0.3) is 0 Å². The average molecular weight is 372 g/mol. The summed E-state index contributed by atoms with van der Waals surface area (Å²) in [5.74, 6) is -0.132. The highest BCUT2D eigenvalue weighted by molar-refractivity contribution is 7.89. The van der Waals surface area contributed by atoms with Crippen LogP contribution in [0.15, 0.2) is 18.3 Å². The molecule has 1 amide bonds. The van der Waals surface area contributed by atoms with Gasteiger partial charge in [0.05, 0.1) is 18.8 Å². The zero-order chi connectivity index (χ0) is 18.4. The van der Waals surface area contributed by atoms with E-state index < -0.39 is 10.0 Å². The number of methoxy groups -OCH3 is 1. The van der Waals surface area contributed by atoms with E-state index in [1.807, 2.05) is 34.8 Å². The van der Waals surface area contributed by atoms with Gasteiger partial charge >= 0.3 is 0 Å². The number of carbonyl (C=O) groups is 1. The fraction of sp³-hybridized carbons (Fsp3) is 0.706. The molecule has 1 heterocycles. The molecule has 1 aromatic heterocycles. The molecule has 0 atom stereocenters. The van der Waals surface area contributed by atoms with E-state index in [1.54, 1.807) is 14.0 Å². The van der Waals surface area contributed by atoms with Crippen molar-refractivity contribution in [3.8, 4) is 0 Å². The van der Waals surface area contributed by atoms with E-state index in [2.05, 4.69) is 0 Å². The molecule has 142 valence electrons. The van der Waals surface area contributed by atoms with E-state index >= 15 is 0 Å². The second-order valence-electron chi connectivity index (χ2n) is 6.44. The van der Waals surface area contributed by atoms with Crippen LogP contribution in [0.2, 0.25) is 0 Å². The summed E-state index contributed by atoms with van der Waals surface area (Å²) in [7, 11) is 0.110. The first-order valence-electron chi connectivity index (χ1n) is 8.75. The molecule has 1 aliphatic carbocycles. The van der Waals surface area contributed by atoms with Crippen molar-refractivity contribution in [2.45, 2.75) is 38.8 Å². The van der Waals surface area contributed by atoms with Gasteiger partial charge < -0.3 is 14.2 Å². The lowest BCUT2D eigenvalue weighted by Crippen LogP contribution is -2.44. The Morgan fingerprint density at radius 1 is 1.40 bits per heavy atom. The molecule has 7 nitrogen and oxygen atoms in total. The molecule has 25 heavy (non-hydrogen) atoms. The van der Waals surface area contributed by atoms with Crippen molar-refractivity contribution < 1.29 is 17.9 Å². The van der Waals surface area contributed by atoms with Crippen molar-refractivity contribution in [1.29, 1.82) is 0 Å². The average Bonchev–Trinajstić information content (AvgIpc) is 3.34. The van der Waals surface area contributed by atoms with E-state index in [0.29, 0.717) is 26.1 Å². The number of hydrogen-bond donors (Lipinski definition) is 0. The molecule has 0 radical (unpaired) electrons. The van der Waals surface area contributed by atoms with Crippen LogP contribution < -0.4 is 0 Å². The molecule has 0 unspecified atom stereocenters. The van der Waals surface area contributed by atoms with Crippen LogP contribution in [-0.4, -0.2) is 66.7 Å². The molecule has 0 saturated heterocycles. The number of hydrogen-bond acceptors (Lipinski definition) is 4. The molecule has 8 heteroatoms.